The highest BCUT2D eigenvalue weighted by Crippen LogP contribution is 2.29. The van der Waals surface area contributed by atoms with E-state index in [0.29, 0.717) is 47.3 Å². The molecule has 0 aliphatic carbocycles. The van der Waals surface area contributed by atoms with Crippen LogP contribution in [0.4, 0.5) is 0 Å². The van der Waals surface area contributed by atoms with Crippen LogP contribution in [0.15, 0.2) is 77.9 Å². The van der Waals surface area contributed by atoms with E-state index in [9.17, 15) is 9.59 Å². The van der Waals surface area contributed by atoms with Crippen LogP contribution in [-0.4, -0.2) is 37.9 Å². The summed E-state index contributed by atoms with van der Waals surface area (Å²) in [6.07, 6.45) is 1.46. The Kier molecular flexibility index (Phi) is 9.04. The number of hydrogen-bond acceptors (Lipinski definition) is 7. The summed E-state index contributed by atoms with van der Waals surface area (Å²) < 4.78 is 22.1. The summed E-state index contributed by atoms with van der Waals surface area (Å²) in [5.41, 5.74) is 3.49. The molecule has 0 aliphatic rings. The molecule has 8 heteroatoms. The number of benzene rings is 3. The SMILES string of the molecule is CCOc1ccccc1OCC(=O)N/N=C/c1ccc(OC(=O)c2ccccc2)c(OCC)c1. The normalized spacial score (nSPS) is 10.5. The van der Waals surface area contributed by atoms with E-state index < -0.39 is 11.9 Å². The molecule has 3 aromatic carbocycles. The van der Waals surface area contributed by atoms with E-state index in [0.717, 1.165) is 0 Å². The van der Waals surface area contributed by atoms with Crippen molar-refractivity contribution < 1.29 is 28.5 Å². The van der Waals surface area contributed by atoms with Gasteiger partial charge in [0.05, 0.1) is 25.0 Å². The lowest BCUT2D eigenvalue weighted by atomic mass is 10.2. The first-order valence-corrected chi connectivity index (χ1v) is 10.8. The van der Waals surface area contributed by atoms with Crippen LogP contribution in [0.5, 0.6) is 23.0 Å². The summed E-state index contributed by atoms with van der Waals surface area (Å²) in [7, 11) is 0. The number of esters is 1. The lowest BCUT2D eigenvalue weighted by Gasteiger charge is -2.11. The molecule has 0 spiro atoms. The average Bonchev–Trinajstić information content (AvgIpc) is 2.86. The van der Waals surface area contributed by atoms with Crippen molar-refractivity contribution in [1.29, 1.82) is 0 Å². The molecule has 176 valence electrons. The van der Waals surface area contributed by atoms with Crippen molar-refractivity contribution in [3.8, 4) is 23.0 Å². The molecule has 0 heterocycles. The second-order valence-corrected chi connectivity index (χ2v) is 6.86. The first-order chi connectivity index (χ1) is 16.6. The largest absolute Gasteiger partial charge is 0.490 e. The quantitative estimate of drug-likeness (QED) is 0.198. The highest BCUT2D eigenvalue weighted by Gasteiger charge is 2.13. The molecule has 34 heavy (non-hydrogen) atoms. The molecule has 1 N–H and O–H groups in total. The number of carbonyl (C=O) groups is 2. The van der Waals surface area contributed by atoms with E-state index in [4.69, 9.17) is 18.9 Å². The molecule has 0 bridgehead atoms. The summed E-state index contributed by atoms with van der Waals surface area (Å²) in [6.45, 7) is 4.35. The first kappa shape index (κ1) is 24.3. The maximum atomic E-state index is 12.4. The third kappa shape index (κ3) is 7.09. The van der Waals surface area contributed by atoms with Gasteiger partial charge in [-0.15, -0.1) is 0 Å². The Bertz CT molecular complexity index is 1130. The molecule has 0 aromatic heterocycles. The van der Waals surface area contributed by atoms with E-state index in [1.165, 1.54) is 6.21 Å². The molecule has 1 amide bonds. The van der Waals surface area contributed by atoms with E-state index in [-0.39, 0.29) is 6.61 Å². The van der Waals surface area contributed by atoms with Gasteiger partial charge < -0.3 is 18.9 Å². The Morgan fingerprint density at radius 3 is 2.15 bits per heavy atom. The van der Waals surface area contributed by atoms with Gasteiger partial charge in [0.1, 0.15) is 0 Å². The third-order valence-corrected chi connectivity index (χ3v) is 4.39. The highest BCUT2D eigenvalue weighted by atomic mass is 16.6. The summed E-state index contributed by atoms with van der Waals surface area (Å²) in [5.74, 6) is 0.807. The van der Waals surface area contributed by atoms with Crippen LogP contribution in [0.2, 0.25) is 0 Å². The Balaban J connectivity index is 1.58. The van der Waals surface area contributed by atoms with Gasteiger partial charge >= 0.3 is 5.97 Å². The van der Waals surface area contributed by atoms with Crippen molar-refractivity contribution in [1.82, 2.24) is 5.43 Å². The molecule has 0 radical (unpaired) electrons. The van der Waals surface area contributed by atoms with Crippen molar-refractivity contribution in [3.05, 3.63) is 83.9 Å². The molecule has 0 unspecified atom stereocenters. The zero-order valence-corrected chi connectivity index (χ0v) is 19.0. The summed E-state index contributed by atoms with van der Waals surface area (Å²) in [4.78, 5) is 24.4. The lowest BCUT2D eigenvalue weighted by molar-refractivity contribution is -0.123. The molecule has 0 saturated carbocycles. The minimum Gasteiger partial charge on any atom is -0.490 e. The van der Waals surface area contributed by atoms with Gasteiger partial charge in [0.2, 0.25) is 0 Å². The summed E-state index contributed by atoms with van der Waals surface area (Å²) >= 11 is 0. The average molecular weight is 463 g/mol. The van der Waals surface area contributed by atoms with E-state index in [1.54, 1.807) is 60.7 Å². The van der Waals surface area contributed by atoms with Crippen LogP contribution < -0.4 is 24.4 Å². The van der Waals surface area contributed by atoms with Gasteiger partial charge in [-0.3, -0.25) is 4.79 Å². The lowest BCUT2D eigenvalue weighted by Crippen LogP contribution is -2.24. The molecule has 3 rings (SSSR count). The van der Waals surface area contributed by atoms with E-state index in [1.807, 2.05) is 26.0 Å². The van der Waals surface area contributed by atoms with Crippen LogP contribution >= 0.6 is 0 Å². The minimum absolute atomic E-state index is 0.222. The number of nitrogens with one attached hydrogen (secondary N) is 1. The molecular weight excluding hydrogens is 436 g/mol. The van der Waals surface area contributed by atoms with Gasteiger partial charge in [-0.05, 0) is 61.9 Å². The maximum absolute atomic E-state index is 12.4. The van der Waals surface area contributed by atoms with Crippen molar-refractivity contribution >= 4 is 18.1 Å². The van der Waals surface area contributed by atoms with Gasteiger partial charge in [-0.1, -0.05) is 30.3 Å². The number of rotatable bonds is 11. The highest BCUT2D eigenvalue weighted by molar-refractivity contribution is 5.91. The Hall–Kier alpha value is -4.33. The number of para-hydroxylation sites is 2. The molecule has 0 fully saturated rings. The number of hydrazone groups is 1. The summed E-state index contributed by atoms with van der Waals surface area (Å²) in [5, 5.41) is 3.95. The second-order valence-electron chi connectivity index (χ2n) is 6.86. The van der Waals surface area contributed by atoms with Gasteiger partial charge in [0, 0.05) is 0 Å². The molecule has 3 aromatic rings. The Morgan fingerprint density at radius 2 is 1.44 bits per heavy atom. The topological polar surface area (TPSA) is 95.5 Å². The monoisotopic (exact) mass is 462 g/mol. The zero-order chi connectivity index (χ0) is 24.2. The fourth-order valence-corrected chi connectivity index (χ4v) is 2.89. The Morgan fingerprint density at radius 1 is 0.794 bits per heavy atom. The van der Waals surface area contributed by atoms with Crippen LogP contribution in [0.25, 0.3) is 0 Å². The minimum atomic E-state index is -0.485. The van der Waals surface area contributed by atoms with Crippen molar-refractivity contribution in [2.45, 2.75) is 13.8 Å². The smallest absolute Gasteiger partial charge is 0.343 e. The van der Waals surface area contributed by atoms with Gasteiger partial charge in [-0.2, -0.15) is 5.10 Å². The van der Waals surface area contributed by atoms with E-state index in [2.05, 4.69) is 10.5 Å². The molecule has 8 nitrogen and oxygen atoms in total. The van der Waals surface area contributed by atoms with Crippen molar-refractivity contribution in [2.24, 2.45) is 5.10 Å². The van der Waals surface area contributed by atoms with Gasteiger partial charge in [-0.25, -0.2) is 10.2 Å². The van der Waals surface area contributed by atoms with Gasteiger partial charge in [0.25, 0.3) is 5.91 Å². The standard InChI is InChI=1S/C26H26N2O6/c1-3-31-21-12-8-9-13-22(21)33-18-25(29)28-27-17-19-14-15-23(24(16-19)32-4-2)34-26(30)20-10-6-5-7-11-20/h5-17H,3-4,18H2,1-2H3,(H,28,29)/b27-17+. The second kappa shape index (κ2) is 12.6. The summed E-state index contributed by atoms with van der Waals surface area (Å²) in [6, 6.07) is 20.8. The fraction of sp³-hybridized carbons (Fsp3) is 0.192. The predicted octanol–water partition coefficient (Wildman–Crippen LogP) is 4.23. The number of ether oxygens (including phenoxy) is 4. The molecule has 0 saturated heterocycles. The number of carbonyl (C=O) groups excluding carboxylic acids is 2. The molecule has 0 atom stereocenters. The van der Waals surface area contributed by atoms with E-state index >= 15 is 0 Å². The fourth-order valence-electron chi connectivity index (χ4n) is 2.89. The van der Waals surface area contributed by atoms with Crippen LogP contribution in [-0.2, 0) is 4.79 Å². The Labute approximate surface area is 198 Å². The third-order valence-electron chi connectivity index (χ3n) is 4.39. The zero-order valence-electron chi connectivity index (χ0n) is 19.0. The van der Waals surface area contributed by atoms with Gasteiger partial charge in [0.15, 0.2) is 29.6 Å². The molecular formula is C26H26N2O6. The maximum Gasteiger partial charge on any atom is 0.343 e. The van der Waals surface area contributed by atoms with Crippen LogP contribution in [0.1, 0.15) is 29.8 Å². The van der Waals surface area contributed by atoms with Crippen molar-refractivity contribution in [3.63, 3.8) is 0 Å². The first-order valence-electron chi connectivity index (χ1n) is 10.8. The predicted molar refractivity (Wildman–Crippen MR) is 128 cm³/mol. The van der Waals surface area contributed by atoms with Crippen molar-refractivity contribution in [2.75, 3.05) is 19.8 Å². The van der Waals surface area contributed by atoms with Crippen LogP contribution in [0.3, 0.4) is 0 Å². The number of hydrogen-bond donors (Lipinski definition) is 1. The van der Waals surface area contributed by atoms with Crippen LogP contribution in [0, 0.1) is 0 Å². The number of nitrogens with zero attached hydrogens (tertiary/aromatic N) is 1. The number of amides is 1. The molecule has 0 aliphatic heterocycles.